The molecule has 3 rings (SSSR count). The quantitative estimate of drug-likeness (QED) is 0.497. The molecule has 0 aliphatic carbocycles. The molecule has 0 spiro atoms. The van der Waals surface area contributed by atoms with Crippen LogP contribution < -0.4 is 5.73 Å². The smallest absolute Gasteiger partial charge is 0.323 e. The molecule has 0 aromatic heterocycles. The monoisotopic (exact) mass is 389 g/mol. The molecule has 0 saturated carbocycles. The molecule has 5 nitrogen and oxygen atoms in total. The highest BCUT2D eigenvalue weighted by Gasteiger charge is 2.15. The zero-order valence-corrected chi connectivity index (χ0v) is 15.9. The van der Waals surface area contributed by atoms with Crippen molar-refractivity contribution >= 4 is 18.0 Å². The average molecular weight is 389 g/mol. The molecule has 0 radical (unpaired) electrons. The predicted molar refractivity (Wildman–Crippen MR) is 113 cm³/mol. The highest BCUT2D eigenvalue weighted by Crippen LogP contribution is 2.11. The molecule has 148 valence electrons. The zero-order valence-electron chi connectivity index (χ0n) is 15.9. The fourth-order valence-corrected chi connectivity index (χ4v) is 2.42. The second-order valence-electron chi connectivity index (χ2n) is 6.24. The minimum atomic E-state index is -0.705. The number of phenols is 1. The zero-order chi connectivity index (χ0) is 20.9. The van der Waals surface area contributed by atoms with Crippen LogP contribution in [0.5, 0.6) is 5.75 Å². The van der Waals surface area contributed by atoms with Crippen molar-refractivity contribution in [2.24, 2.45) is 5.73 Å². The second kappa shape index (κ2) is 11.9. The molecular weight excluding hydrogens is 366 g/mol. The number of phenolic OH excluding ortho intramolecular Hbond substituents is 1. The Morgan fingerprint density at radius 2 is 1.52 bits per heavy atom. The van der Waals surface area contributed by atoms with Crippen LogP contribution in [0.25, 0.3) is 6.08 Å². The van der Waals surface area contributed by atoms with Crippen molar-refractivity contribution in [1.29, 1.82) is 0 Å². The molecule has 0 saturated heterocycles. The standard InChI is InChI=1S/C16H17NO3.C8H6O/c17-15(10-12-6-8-14(18)9-7-12)16(19)20-11-13-4-2-1-3-5-13;9-7-6-8-4-2-1-3-5-8/h1-9,15,18H,10-11,17H2;1-6H. The first-order chi connectivity index (χ1) is 14.1. The lowest BCUT2D eigenvalue weighted by Gasteiger charge is -2.11. The molecule has 3 N–H and O–H groups in total. The van der Waals surface area contributed by atoms with Gasteiger partial charge in [-0.15, -0.1) is 0 Å². The lowest BCUT2D eigenvalue weighted by molar-refractivity contribution is -0.146. The second-order valence-corrected chi connectivity index (χ2v) is 6.24. The molecule has 29 heavy (non-hydrogen) atoms. The van der Waals surface area contributed by atoms with Gasteiger partial charge in [-0.05, 0) is 35.2 Å². The molecule has 0 aliphatic rings. The summed E-state index contributed by atoms with van der Waals surface area (Å²) >= 11 is 0. The van der Waals surface area contributed by atoms with E-state index in [2.05, 4.69) is 0 Å². The van der Waals surface area contributed by atoms with Crippen LogP contribution in [0.15, 0.2) is 84.9 Å². The van der Waals surface area contributed by atoms with E-state index in [4.69, 9.17) is 10.5 Å². The normalized spacial score (nSPS) is 10.7. The Bertz CT molecular complexity index is 918. The number of hydrogen-bond acceptors (Lipinski definition) is 5. The fourth-order valence-electron chi connectivity index (χ4n) is 2.42. The van der Waals surface area contributed by atoms with Gasteiger partial charge in [0, 0.05) is 6.08 Å². The summed E-state index contributed by atoms with van der Waals surface area (Å²) in [5, 5.41) is 9.19. The van der Waals surface area contributed by atoms with Gasteiger partial charge in [0.1, 0.15) is 24.3 Å². The van der Waals surface area contributed by atoms with E-state index in [0.29, 0.717) is 6.42 Å². The van der Waals surface area contributed by atoms with Gasteiger partial charge in [-0.25, -0.2) is 4.79 Å². The molecule has 3 aromatic rings. The number of aromatic hydroxyl groups is 1. The number of hydrogen-bond donors (Lipinski definition) is 2. The van der Waals surface area contributed by atoms with Gasteiger partial charge < -0.3 is 15.6 Å². The third-order valence-electron chi connectivity index (χ3n) is 3.94. The van der Waals surface area contributed by atoms with Crippen molar-refractivity contribution in [3.63, 3.8) is 0 Å². The van der Waals surface area contributed by atoms with Crippen LogP contribution in [0.4, 0.5) is 0 Å². The Hall–Kier alpha value is -3.66. The Balaban J connectivity index is 0.000000278. The summed E-state index contributed by atoms with van der Waals surface area (Å²) in [5.74, 6) is 1.47. The Labute approximate surface area is 170 Å². The van der Waals surface area contributed by atoms with Gasteiger partial charge in [-0.3, -0.25) is 4.79 Å². The van der Waals surface area contributed by atoms with Gasteiger partial charge >= 0.3 is 5.97 Å². The molecule has 0 bridgehead atoms. The van der Waals surface area contributed by atoms with Gasteiger partial charge in [0.2, 0.25) is 0 Å². The predicted octanol–water partition coefficient (Wildman–Crippen LogP) is 3.54. The molecule has 3 aromatic carbocycles. The molecular formula is C24H23NO4. The summed E-state index contributed by atoms with van der Waals surface area (Å²) in [5.41, 5.74) is 8.52. The molecule has 1 atom stereocenters. The molecule has 0 aliphatic heterocycles. The van der Waals surface area contributed by atoms with Gasteiger partial charge in [0.25, 0.3) is 0 Å². The number of ether oxygens (including phenoxy) is 1. The molecule has 0 heterocycles. The molecule has 0 amide bonds. The van der Waals surface area contributed by atoms with Crippen LogP contribution in [-0.2, 0) is 27.4 Å². The summed E-state index contributed by atoms with van der Waals surface area (Å²) in [6, 6.07) is 24.7. The van der Waals surface area contributed by atoms with E-state index in [1.54, 1.807) is 30.2 Å². The van der Waals surface area contributed by atoms with Crippen molar-refractivity contribution < 1.29 is 19.4 Å². The summed E-state index contributed by atoms with van der Waals surface area (Å²) in [6.45, 7) is 0.225. The van der Waals surface area contributed by atoms with Crippen LogP contribution in [0.2, 0.25) is 0 Å². The molecule has 1 unspecified atom stereocenters. The van der Waals surface area contributed by atoms with Crippen molar-refractivity contribution in [1.82, 2.24) is 0 Å². The summed E-state index contributed by atoms with van der Waals surface area (Å²) in [4.78, 5) is 21.6. The van der Waals surface area contributed by atoms with Crippen molar-refractivity contribution in [2.75, 3.05) is 0 Å². The van der Waals surface area contributed by atoms with E-state index in [1.807, 2.05) is 60.7 Å². The van der Waals surface area contributed by atoms with E-state index in [1.165, 1.54) is 6.08 Å². The number of carbonyl (C=O) groups is 1. The summed E-state index contributed by atoms with van der Waals surface area (Å²) < 4.78 is 5.17. The lowest BCUT2D eigenvalue weighted by Crippen LogP contribution is -2.34. The lowest BCUT2D eigenvalue weighted by atomic mass is 10.1. The van der Waals surface area contributed by atoms with Crippen molar-refractivity contribution in [3.05, 3.63) is 102 Å². The van der Waals surface area contributed by atoms with Gasteiger partial charge in [-0.1, -0.05) is 72.8 Å². The van der Waals surface area contributed by atoms with Crippen molar-refractivity contribution in [2.45, 2.75) is 19.1 Å². The minimum absolute atomic E-state index is 0.189. The summed E-state index contributed by atoms with van der Waals surface area (Å²) in [7, 11) is 0. The fraction of sp³-hybridized carbons (Fsp3) is 0.125. The average Bonchev–Trinajstić information content (AvgIpc) is 2.76. The van der Waals surface area contributed by atoms with Gasteiger partial charge in [0.15, 0.2) is 0 Å². The van der Waals surface area contributed by atoms with E-state index in [0.717, 1.165) is 16.7 Å². The third-order valence-corrected chi connectivity index (χ3v) is 3.94. The number of rotatable bonds is 6. The van der Waals surface area contributed by atoms with Crippen LogP contribution in [0.1, 0.15) is 16.7 Å². The maximum Gasteiger partial charge on any atom is 0.323 e. The van der Waals surface area contributed by atoms with Crippen LogP contribution in [-0.4, -0.2) is 23.1 Å². The van der Waals surface area contributed by atoms with Crippen molar-refractivity contribution in [3.8, 4) is 5.75 Å². The number of carbonyl (C=O) groups excluding carboxylic acids is 2. The van der Waals surface area contributed by atoms with E-state index >= 15 is 0 Å². The highest BCUT2D eigenvalue weighted by molar-refractivity contribution is 5.76. The molecule has 0 fully saturated rings. The topological polar surface area (TPSA) is 89.6 Å². The van der Waals surface area contributed by atoms with E-state index in [9.17, 15) is 14.7 Å². The maximum atomic E-state index is 11.8. The third kappa shape index (κ3) is 8.26. The van der Waals surface area contributed by atoms with Crippen LogP contribution in [0.3, 0.4) is 0 Å². The number of nitrogens with two attached hydrogens (primary N) is 1. The maximum absolute atomic E-state index is 11.8. The van der Waals surface area contributed by atoms with Gasteiger partial charge in [0.05, 0.1) is 0 Å². The first-order valence-electron chi connectivity index (χ1n) is 9.08. The number of benzene rings is 3. The first kappa shape index (κ1) is 21.6. The Kier molecular flexibility index (Phi) is 8.90. The van der Waals surface area contributed by atoms with E-state index in [-0.39, 0.29) is 12.4 Å². The summed E-state index contributed by atoms with van der Waals surface area (Å²) in [6.07, 6.45) is 1.79. The largest absolute Gasteiger partial charge is 0.508 e. The van der Waals surface area contributed by atoms with Gasteiger partial charge in [-0.2, -0.15) is 0 Å². The van der Waals surface area contributed by atoms with Crippen LogP contribution >= 0.6 is 0 Å². The number of esters is 1. The minimum Gasteiger partial charge on any atom is -0.508 e. The first-order valence-corrected chi connectivity index (χ1v) is 9.08. The highest BCUT2D eigenvalue weighted by atomic mass is 16.5. The Morgan fingerprint density at radius 3 is 2.10 bits per heavy atom. The Morgan fingerprint density at radius 1 is 0.931 bits per heavy atom. The van der Waals surface area contributed by atoms with Crippen LogP contribution in [0, 0.1) is 0 Å². The van der Waals surface area contributed by atoms with E-state index < -0.39 is 12.0 Å². The SMILES string of the molecule is NC(Cc1ccc(O)cc1)C(=O)OCc1ccccc1.O=C=Cc1ccccc1. The molecule has 5 heteroatoms.